The van der Waals surface area contributed by atoms with Gasteiger partial charge in [0.2, 0.25) is 10.0 Å². The van der Waals surface area contributed by atoms with Crippen LogP contribution in [-0.2, 0) is 10.0 Å². The Hall–Kier alpha value is -0.650. The molecular weight excluding hydrogens is 241 g/mol. The monoisotopic (exact) mass is 253 g/mol. The molecular formula is C9H13ClFNO2S. The van der Waals surface area contributed by atoms with Crippen LogP contribution in [0.25, 0.3) is 0 Å². The fraction of sp³-hybridized carbons (Fsp3) is 0.333. The van der Waals surface area contributed by atoms with Crippen molar-refractivity contribution < 1.29 is 12.8 Å². The molecule has 2 N–H and O–H groups in total. The molecule has 0 spiro atoms. The van der Waals surface area contributed by atoms with E-state index in [9.17, 15) is 12.8 Å². The van der Waals surface area contributed by atoms with Crippen molar-refractivity contribution in [1.82, 2.24) is 0 Å². The van der Waals surface area contributed by atoms with E-state index in [1.165, 1.54) is 18.2 Å². The number of benzene rings is 1. The first-order valence-corrected chi connectivity index (χ1v) is 5.83. The third-order valence-electron chi connectivity index (χ3n) is 2.02. The summed E-state index contributed by atoms with van der Waals surface area (Å²) in [6, 6.07) is 5.76. The molecule has 0 bridgehead atoms. The molecule has 0 saturated heterocycles. The normalized spacial score (nSPS) is 13.0. The number of primary sulfonamides is 1. The van der Waals surface area contributed by atoms with Crippen LogP contribution in [0.15, 0.2) is 24.3 Å². The summed E-state index contributed by atoms with van der Waals surface area (Å²) < 4.78 is 35.5. The van der Waals surface area contributed by atoms with Gasteiger partial charge in [-0.15, -0.1) is 12.4 Å². The fourth-order valence-corrected chi connectivity index (χ4v) is 2.38. The van der Waals surface area contributed by atoms with Crippen molar-refractivity contribution in [2.75, 3.05) is 0 Å². The van der Waals surface area contributed by atoms with Gasteiger partial charge in [-0.05, 0) is 12.5 Å². The largest absolute Gasteiger partial charge is 0.228 e. The van der Waals surface area contributed by atoms with Crippen LogP contribution in [0.2, 0.25) is 0 Å². The minimum absolute atomic E-state index is 0. The minimum Gasteiger partial charge on any atom is -0.228 e. The van der Waals surface area contributed by atoms with Gasteiger partial charge in [0.15, 0.2) is 0 Å². The number of rotatable bonds is 3. The second kappa shape index (κ2) is 5.44. The van der Waals surface area contributed by atoms with Gasteiger partial charge in [0.25, 0.3) is 0 Å². The molecule has 0 aliphatic heterocycles. The van der Waals surface area contributed by atoms with Crippen molar-refractivity contribution in [2.45, 2.75) is 18.6 Å². The highest BCUT2D eigenvalue weighted by molar-refractivity contribution is 7.89. The predicted molar refractivity (Wildman–Crippen MR) is 59.8 cm³/mol. The molecule has 6 heteroatoms. The Morgan fingerprint density at radius 3 is 2.33 bits per heavy atom. The lowest BCUT2D eigenvalue weighted by Crippen LogP contribution is -2.21. The molecule has 1 rings (SSSR count). The molecule has 0 radical (unpaired) electrons. The second-order valence-corrected chi connectivity index (χ2v) is 4.75. The first-order chi connectivity index (χ1) is 6.46. The van der Waals surface area contributed by atoms with Crippen LogP contribution in [-0.4, -0.2) is 8.42 Å². The second-order valence-electron chi connectivity index (χ2n) is 3.01. The third kappa shape index (κ3) is 3.44. The molecule has 1 aromatic carbocycles. The lowest BCUT2D eigenvalue weighted by Gasteiger charge is -2.13. The molecule has 3 nitrogen and oxygen atoms in total. The zero-order chi connectivity index (χ0) is 10.8. The Kier molecular flexibility index (Phi) is 5.20. The van der Waals surface area contributed by atoms with Crippen LogP contribution >= 0.6 is 12.4 Å². The van der Waals surface area contributed by atoms with Gasteiger partial charge in [0, 0.05) is 5.56 Å². The van der Waals surface area contributed by atoms with E-state index in [1.807, 2.05) is 0 Å². The molecule has 86 valence electrons. The van der Waals surface area contributed by atoms with E-state index in [2.05, 4.69) is 0 Å². The Balaban J connectivity index is 0.00000196. The molecule has 15 heavy (non-hydrogen) atoms. The SMILES string of the molecule is CCC(c1ccccc1F)S(N)(=O)=O.Cl. The highest BCUT2D eigenvalue weighted by Gasteiger charge is 2.23. The summed E-state index contributed by atoms with van der Waals surface area (Å²) in [4.78, 5) is 0. The summed E-state index contributed by atoms with van der Waals surface area (Å²) in [7, 11) is -3.73. The number of sulfonamides is 1. The lowest BCUT2D eigenvalue weighted by atomic mass is 10.1. The van der Waals surface area contributed by atoms with Crippen LogP contribution in [0.1, 0.15) is 24.2 Å². The molecule has 1 aromatic rings. The summed E-state index contributed by atoms with van der Waals surface area (Å²) in [6.07, 6.45) is 0.264. The molecule has 0 aliphatic rings. The third-order valence-corrected chi connectivity index (χ3v) is 3.40. The Morgan fingerprint density at radius 2 is 1.93 bits per heavy atom. The van der Waals surface area contributed by atoms with E-state index < -0.39 is 21.1 Å². The van der Waals surface area contributed by atoms with Crippen LogP contribution in [0.4, 0.5) is 4.39 Å². The van der Waals surface area contributed by atoms with Gasteiger partial charge in [-0.25, -0.2) is 17.9 Å². The number of halogens is 2. The molecule has 0 fully saturated rings. The van der Waals surface area contributed by atoms with Gasteiger partial charge >= 0.3 is 0 Å². The van der Waals surface area contributed by atoms with Gasteiger partial charge in [-0.3, -0.25) is 0 Å². The maximum atomic E-state index is 13.2. The van der Waals surface area contributed by atoms with Gasteiger partial charge in [-0.2, -0.15) is 0 Å². The minimum atomic E-state index is -3.73. The van der Waals surface area contributed by atoms with Crippen LogP contribution in [0.3, 0.4) is 0 Å². The van der Waals surface area contributed by atoms with Crippen LogP contribution < -0.4 is 5.14 Å². The average Bonchev–Trinajstić information content (AvgIpc) is 2.07. The van der Waals surface area contributed by atoms with Crippen LogP contribution in [0, 0.1) is 5.82 Å². The van der Waals surface area contributed by atoms with Crippen LogP contribution in [0.5, 0.6) is 0 Å². The van der Waals surface area contributed by atoms with E-state index in [0.717, 1.165) is 0 Å². The zero-order valence-corrected chi connectivity index (χ0v) is 9.82. The maximum Gasteiger partial charge on any atom is 0.216 e. The summed E-state index contributed by atoms with van der Waals surface area (Å²) >= 11 is 0. The van der Waals surface area contributed by atoms with Gasteiger partial charge in [0.1, 0.15) is 11.1 Å². The Bertz CT molecular complexity index is 422. The summed E-state index contributed by atoms with van der Waals surface area (Å²) in [5.41, 5.74) is 0.137. The first kappa shape index (κ1) is 14.3. The van der Waals surface area contributed by atoms with Gasteiger partial charge in [0.05, 0.1) is 0 Å². The number of hydrogen-bond acceptors (Lipinski definition) is 2. The van der Waals surface area contributed by atoms with Crippen molar-refractivity contribution in [3.05, 3.63) is 35.6 Å². The topological polar surface area (TPSA) is 60.2 Å². The number of hydrogen-bond donors (Lipinski definition) is 1. The quantitative estimate of drug-likeness (QED) is 0.896. The molecule has 1 atom stereocenters. The fourth-order valence-electron chi connectivity index (χ4n) is 1.37. The highest BCUT2D eigenvalue weighted by atomic mass is 35.5. The van der Waals surface area contributed by atoms with Crippen molar-refractivity contribution in [2.24, 2.45) is 5.14 Å². The van der Waals surface area contributed by atoms with Crippen molar-refractivity contribution in [1.29, 1.82) is 0 Å². The summed E-state index contributed by atoms with van der Waals surface area (Å²) in [6.45, 7) is 1.65. The van der Waals surface area contributed by atoms with Crippen molar-refractivity contribution in [3.63, 3.8) is 0 Å². The summed E-state index contributed by atoms with van der Waals surface area (Å²) in [5.74, 6) is -0.534. The lowest BCUT2D eigenvalue weighted by molar-refractivity contribution is 0.565. The Morgan fingerprint density at radius 1 is 1.40 bits per heavy atom. The summed E-state index contributed by atoms with van der Waals surface area (Å²) in [5, 5.41) is 4.04. The van der Waals surface area contributed by atoms with Crippen molar-refractivity contribution in [3.8, 4) is 0 Å². The predicted octanol–water partition coefficient (Wildman–Crippen LogP) is 1.99. The van der Waals surface area contributed by atoms with Crippen molar-refractivity contribution >= 4 is 22.4 Å². The van der Waals surface area contributed by atoms with E-state index >= 15 is 0 Å². The number of nitrogens with two attached hydrogens (primary N) is 1. The first-order valence-electron chi connectivity index (χ1n) is 4.23. The molecule has 0 heterocycles. The molecule has 0 aromatic heterocycles. The van der Waals surface area contributed by atoms with E-state index in [-0.39, 0.29) is 24.4 Å². The van der Waals surface area contributed by atoms with E-state index in [0.29, 0.717) is 0 Å². The highest BCUT2D eigenvalue weighted by Crippen LogP contribution is 2.25. The molecule has 1 unspecified atom stereocenters. The standard InChI is InChI=1S/C9H12FNO2S.ClH/c1-2-9(14(11,12)13)7-5-3-4-6-8(7)10;/h3-6,9H,2H2,1H3,(H2,11,12,13);1H. The maximum absolute atomic E-state index is 13.2. The Labute approximate surface area is 94.9 Å². The van der Waals surface area contributed by atoms with E-state index in [1.54, 1.807) is 13.0 Å². The molecule has 0 amide bonds. The molecule has 0 saturated carbocycles. The van der Waals surface area contributed by atoms with Gasteiger partial charge < -0.3 is 0 Å². The zero-order valence-electron chi connectivity index (χ0n) is 8.18. The smallest absolute Gasteiger partial charge is 0.216 e. The average molecular weight is 254 g/mol. The van der Waals surface area contributed by atoms with E-state index in [4.69, 9.17) is 5.14 Å². The van der Waals surface area contributed by atoms with Gasteiger partial charge in [-0.1, -0.05) is 25.1 Å². The molecule has 0 aliphatic carbocycles.